The number of aryl methyl sites for hydroxylation is 1. The molecule has 10 heteroatoms. The molecule has 0 aromatic carbocycles. The van der Waals surface area contributed by atoms with Crippen LogP contribution in [0.5, 0.6) is 0 Å². The molecule has 37 heavy (non-hydrogen) atoms. The third-order valence-electron chi connectivity index (χ3n) is 8.34. The maximum Gasteiger partial charge on any atom is 0.158 e. The maximum atomic E-state index is 11.7. The van der Waals surface area contributed by atoms with Crippen LogP contribution in [0.25, 0.3) is 27.9 Å². The van der Waals surface area contributed by atoms with Gasteiger partial charge < -0.3 is 9.88 Å². The smallest absolute Gasteiger partial charge is 0.158 e. The van der Waals surface area contributed by atoms with Crippen LogP contribution in [0.1, 0.15) is 49.3 Å². The van der Waals surface area contributed by atoms with Crippen LogP contribution >= 0.6 is 0 Å². The molecule has 1 N–H and O–H groups in total. The number of piperidine rings is 1. The van der Waals surface area contributed by atoms with Gasteiger partial charge in [0.25, 0.3) is 0 Å². The number of fused-ring (bicyclic) bond motifs is 4. The van der Waals surface area contributed by atoms with Gasteiger partial charge in [-0.1, -0.05) is 13.8 Å². The van der Waals surface area contributed by atoms with E-state index in [2.05, 4.69) is 70.9 Å². The predicted molar refractivity (Wildman–Crippen MR) is 147 cm³/mol. The van der Waals surface area contributed by atoms with Crippen LogP contribution in [0.2, 0.25) is 0 Å². The summed E-state index contributed by atoms with van der Waals surface area (Å²) in [6, 6.07) is 5.12. The second-order valence-corrected chi connectivity index (χ2v) is 13.4. The van der Waals surface area contributed by atoms with E-state index in [1.807, 2.05) is 4.52 Å². The molecule has 2 fully saturated rings. The molecule has 2 aliphatic rings. The Morgan fingerprint density at radius 2 is 1.97 bits per heavy atom. The standard InChI is InChI=1S/C27H35N7O2S/c1-16(2)24-25(21-14-34-27(28-15-29-34)18(4)17(21)3)30-22-6-7-23(31-26(22)24)33-13-20-12-19(33)8-9-32(20)10-11-37(5,35)36/h6-7,14-16,19-20,30H,8-13H2,1-5H3/t19-,20+/m1/s1. The average Bonchev–Trinajstić information content (AvgIpc) is 3.55. The highest BCUT2D eigenvalue weighted by Crippen LogP contribution is 2.39. The first-order chi connectivity index (χ1) is 17.6. The molecule has 196 valence electrons. The molecule has 4 aromatic heterocycles. The van der Waals surface area contributed by atoms with E-state index in [0.717, 1.165) is 65.3 Å². The Hall–Kier alpha value is -2.98. The maximum absolute atomic E-state index is 11.7. The molecule has 9 nitrogen and oxygen atoms in total. The topological polar surface area (TPSA) is 99.5 Å². The minimum atomic E-state index is -2.96. The second kappa shape index (κ2) is 8.80. The number of sulfone groups is 1. The van der Waals surface area contributed by atoms with Crippen LogP contribution in [0.15, 0.2) is 24.7 Å². The summed E-state index contributed by atoms with van der Waals surface area (Å²) >= 11 is 0. The number of aromatic amines is 1. The van der Waals surface area contributed by atoms with Crippen molar-refractivity contribution in [1.29, 1.82) is 0 Å². The fraction of sp³-hybridized carbons (Fsp3) is 0.519. The highest BCUT2D eigenvalue weighted by Gasteiger charge is 2.40. The lowest BCUT2D eigenvalue weighted by atomic mass is 9.95. The molecule has 2 saturated heterocycles. The number of nitrogens with one attached hydrogen (secondary N) is 1. The Kier molecular flexibility index (Phi) is 5.80. The first-order valence-electron chi connectivity index (χ1n) is 13.1. The Morgan fingerprint density at radius 1 is 1.16 bits per heavy atom. The molecule has 6 rings (SSSR count). The Bertz CT molecular complexity index is 1600. The van der Waals surface area contributed by atoms with Gasteiger partial charge in [0, 0.05) is 55.3 Å². The van der Waals surface area contributed by atoms with Crippen molar-refractivity contribution in [3.8, 4) is 11.3 Å². The molecule has 2 atom stereocenters. The van der Waals surface area contributed by atoms with Gasteiger partial charge in [0.15, 0.2) is 5.65 Å². The highest BCUT2D eigenvalue weighted by molar-refractivity contribution is 7.90. The van der Waals surface area contributed by atoms with Gasteiger partial charge >= 0.3 is 0 Å². The van der Waals surface area contributed by atoms with Gasteiger partial charge in [-0.3, -0.25) is 4.90 Å². The molecular weight excluding hydrogens is 486 g/mol. The van der Waals surface area contributed by atoms with Crippen LogP contribution in [0.3, 0.4) is 0 Å². The minimum Gasteiger partial charge on any atom is -0.353 e. The number of hydrogen-bond acceptors (Lipinski definition) is 7. The zero-order valence-electron chi connectivity index (χ0n) is 22.2. The molecule has 4 aromatic rings. The summed E-state index contributed by atoms with van der Waals surface area (Å²) in [7, 11) is -2.96. The minimum absolute atomic E-state index is 0.224. The molecule has 0 saturated carbocycles. The van der Waals surface area contributed by atoms with Crippen molar-refractivity contribution in [1.82, 2.24) is 29.5 Å². The van der Waals surface area contributed by atoms with Crippen LogP contribution in [-0.2, 0) is 9.84 Å². The van der Waals surface area contributed by atoms with Gasteiger partial charge in [-0.25, -0.2) is 22.9 Å². The van der Waals surface area contributed by atoms with Gasteiger partial charge in [0.1, 0.15) is 22.0 Å². The molecule has 0 radical (unpaired) electrons. The number of anilines is 1. The molecule has 2 bridgehead atoms. The normalized spacial score (nSPS) is 20.6. The van der Waals surface area contributed by atoms with Gasteiger partial charge in [0.2, 0.25) is 0 Å². The Labute approximate surface area is 217 Å². The number of hydrogen-bond donors (Lipinski definition) is 1. The van der Waals surface area contributed by atoms with Crippen LogP contribution in [0.4, 0.5) is 5.82 Å². The molecular formula is C27H35N7O2S. The molecule has 0 unspecified atom stereocenters. The van der Waals surface area contributed by atoms with Crippen molar-refractivity contribution in [3.63, 3.8) is 0 Å². The third-order valence-corrected chi connectivity index (χ3v) is 9.26. The molecule has 2 aliphatic heterocycles. The van der Waals surface area contributed by atoms with E-state index in [4.69, 9.17) is 4.98 Å². The summed E-state index contributed by atoms with van der Waals surface area (Å²) in [5, 5.41) is 4.40. The summed E-state index contributed by atoms with van der Waals surface area (Å²) in [5.41, 5.74) is 8.70. The van der Waals surface area contributed by atoms with E-state index in [1.165, 1.54) is 17.4 Å². The predicted octanol–water partition coefficient (Wildman–Crippen LogP) is 3.71. The first kappa shape index (κ1) is 24.4. The van der Waals surface area contributed by atoms with E-state index in [9.17, 15) is 8.42 Å². The summed E-state index contributed by atoms with van der Waals surface area (Å²) in [4.78, 5) is 18.1. The molecule has 6 heterocycles. The fourth-order valence-electron chi connectivity index (χ4n) is 6.25. The summed E-state index contributed by atoms with van der Waals surface area (Å²) < 4.78 is 25.3. The molecule has 0 aliphatic carbocycles. The zero-order valence-corrected chi connectivity index (χ0v) is 23.0. The van der Waals surface area contributed by atoms with E-state index in [0.29, 0.717) is 18.6 Å². The number of likely N-dealkylation sites (tertiary alicyclic amines) is 1. The monoisotopic (exact) mass is 521 g/mol. The SMILES string of the molecule is Cc1c(-c2[nH]c3ccc(N4C[C@@H]5C[C@H]4CCN5CCS(C)(=O)=O)nc3c2C(C)C)cn2ncnc2c1C. The summed E-state index contributed by atoms with van der Waals surface area (Å²) in [6.45, 7) is 11.1. The average molecular weight is 522 g/mol. The van der Waals surface area contributed by atoms with Crippen molar-refractivity contribution in [3.05, 3.63) is 41.3 Å². The number of H-pyrrole nitrogens is 1. The summed E-state index contributed by atoms with van der Waals surface area (Å²) in [6.07, 6.45) is 7.09. The lowest BCUT2D eigenvalue weighted by Gasteiger charge is -2.32. The van der Waals surface area contributed by atoms with Gasteiger partial charge in [0.05, 0.1) is 22.5 Å². The number of aromatic nitrogens is 5. The summed E-state index contributed by atoms with van der Waals surface area (Å²) in [5.74, 6) is 1.51. The van der Waals surface area contributed by atoms with Crippen molar-refractivity contribution >= 4 is 32.3 Å². The van der Waals surface area contributed by atoms with Crippen LogP contribution in [-0.4, -0.2) is 81.6 Å². The molecule has 0 amide bonds. The van der Waals surface area contributed by atoms with Gasteiger partial charge in [-0.2, -0.15) is 5.10 Å². The Morgan fingerprint density at radius 3 is 2.73 bits per heavy atom. The van der Waals surface area contributed by atoms with Crippen molar-refractivity contribution in [2.45, 2.75) is 58.5 Å². The van der Waals surface area contributed by atoms with Gasteiger partial charge in [-0.15, -0.1) is 0 Å². The number of rotatable bonds is 6. The fourth-order valence-corrected chi connectivity index (χ4v) is 6.82. The van der Waals surface area contributed by atoms with E-state index >= 15 is 0 Å². The van der Waals surface area contributed by atoms with Gasteiger partial charge in [-0.05, 0) is 55.9 Å². The van der Waals surface area contributed by atoms with Crippen molar-refractivity contribution < 1.29 is 8.42 Å². The number of pyridine rings is 2. The van der Waals surface area contributed by atoms with E-state index in [1.54, 1.807) is 6.33 Å². The van der Waals surface area contributed by atoms with Crippen LogP contribution in [0, 0.1) is 13.8 Å². The molecule has 0 spiro atoms. The van der Waals surface area contributed by atoms with Crippen molar-refractivity contribution in [2.24, 2.45) is 0 Å². The zero-order chi connectivity index (χ0) is 26.1. The third kappa shape index (κ3) is 4.20. The van der Waals surface area contributed by atoms with E-state index < -0.39 is 9.84 Å². The van der Waals surface area contributed by atoms with Crippen molar-refractivity contribution in [2.75, 3.05) is 36.5 Å². The Balaban J connectivity index is 1.37. The largest absolute Gasteiger partial charge is 0.353 e. The first-order valence-corrected chi connectivity index (χ1v) is 15.2. The van der Waals surface area contributed by atoms with E-state index in [-0.39, 0.29) is 11.7 Å². The highest BCUT2D eigenvalue weighted by atomic mass is 32.2. The number of nitrogens with zero attached hydrogens (tertiary/aromatic N) is 6. The lowest BCUT2D eigenvalue weighted by Crippen LogP contribution is -2.42. The second-order valence-electron chi connectivity index (χ2n) is 11.1. The lowest BCUT2D eigenvalue weighted by molar-refractivity contribution is 0.187. The van der Waals surface area contributed by atoms with Crippen LogP contribution < -0.4 is 4.90 Å². The quantitative estimate of drug-likeness (QED) is 0.413.